The summed E-state index contributed by atoms with van der Waals surface area (Å²) in [7, 11) is 0. The monoisotopic (exact) mass is 247 g/mol. The highest BCUT2D eigenvalue weighted by atomic mass is 35.5. The highest BCUT2D eigenvalue weighted by Crippen LogP contribution is 2.23. The summed E-state index contributed by atoms with van der Waals surface area (Å²) in [6.07, 6.45) is 1.01. The van der Waals surface area contributed by atoms with Gasteiger partial charge < -0.3 is 5.32 Å². The molecule has 0 aliphatic carbocycles. The number of alkyl halides is 1. The topological polar surface area (TPSA) is 12.0 Å². The lowest BCUT2D eigenvalue weighted by molar-refractivity contribution is 0.575. The van der Waals surface area contributed by atoms with Crippen LogP contribution in [0.2, 0.25) is 0 Å². The summed E-state index contributed by atoms with van der Waals surface area (Å²) in [6.45, 7) is 3.17. The molecule has 0 aromatic heterocycles. The third-order valence-corrected chi connectivity index (χ3v) is 3.32. The van der Waals surface area contributed by atoms with Gasteiger partial charge in [0, 0.05) is 11.9 Å². The number of hydrogen-bond donors (Lipinski definition) is 1. The van der Waals surface area contributed by atoms with E-state index in [2.05, 4.69) is 54.7 Å². The maximum atomic E-state index is 5.69. The Kier molecular flexibility index (Phi) is 4.41. The minimum Gasteiger partial charge on any atom is -0.310 e. The van der Waals surface area contributed by atoms with Crippen LogP contribution in [-0.4, -0.2) is 12.4 Å². The molecule has 0 heterocycles. The molecular formula is C15H18ClN. The van der Waals surface area contributed by atoms with Crippen molar-refractivity contribution in [1.29, 1.82) is 0 Å². The molecule has 0 unspecified atom stereocenters. The van der Waals surface area contributed by atoms with E-state index in [4.69, 9.17) is 11.6 Å². The third kappa shape index (κ3) is 2.99. The molecule has 1 N–H and O–H groups in total. The van der Waals surface area contributed by atoms with Crippen molar-refractivity contribution >= 4 is 22.4 Å². The van der Waals surface area contributed by atoms with Crippen molar-refractivity contribution < 1.29 is 0 Å². The van der Waals surface area contributed by atoms with Gasteiger partial charge in [-0.05, 0) is 36.2 Å². The summed E-state index contributed by atoms with van der Waals surface area (Å²) in [5.41, 5.74) is 1.36. The van der Waals surface area contributed by atoms with Gasteiger partial charge in [0.1, 0.15) is 0 Å². The molecule has 0 fully saturated rings. The van der Waals surface area contributed by atoms with E-state index < -0.39 is 0 Å². The molecule has 0 aliphatic rings. The Morgan fingerprint density at radius 1 is 1.12 bits per heavy atom. The van der Waals surface area contributed by atoms with Gasteiger partial charge in [-0.1, -0.05) is 42.5 Å². The van der Waals surface area contributed by atoms with Crippen molar-refractivity contribution in [3.63, 3.8) is 0 Å². The molecule has 0 amide bonds. The lowest BCUT2D eigenvalue weighted by Crippen LogP contribution is -2.20. The zero-order valence-corrected chi connectivity index (χ0v) is 10.9. The highest BCUT2D eigenvalue weighted by molar-refractivity contribution is 6.17. The molecule has 2 rings (SSSR count). The van der Waals surface area contributed by atoms with E-state index in [0.717, 1.165) is 18.8 Å². The van der Waals surface area contributed by atoms with E-state index >= 15 is 0 Å². The Morgan fingerprint density at radius 3 is 2.71 bits per heavy atom. The van der Waals surface area contributed by atoms with E-state index in [9.17, 15) is 0 Å². The number of fused-ring (bicyclic) bond motifs is 1. The molecular weight excluding hydrogens is 230 g/mol. The van der Waals surface area contributed by atoms with Gasteiger partial charge >= 0.3 is 0 Å². The molecule has 1 nitrogen and oxygen atoms in total. The lowest BCUT2D eigenvalue weighted by atomic mass is 10.00. The van der Waals surface area contributed by atoms with E-state index in [1.807, 2.05) is 0 Å². The molecule has 0 radical (unpaired) electrons. The fourth-order valence-corrected chi connectivity index (χ4v) is 2.26. The highest BCUT2D eigenvalue weighted by Gasteiger charge is 2.07. The Bertz CT molecular complexity index is 476. The standard InChI is InChI=1S/C15H18ClN/c1-12(17-11-5-10-16)14-9-4-7-13-6-2-3-8-15(13)14/h2-4,6-9,12,17H,5,10-11H2,1H3/t12-/m1/s1. The molecule has 0 aliphatic heterocycles. The van der Waals surface area contributed by atoms with Crippen molar-refractivity contribution in [2.75, 3.05) is 12.4 Å². The normalized spacial score (nSPS) is 12.8. The zero-order valence-electron chi connectivity index (χ0n) is 10.1. The molecule has 0 saturated carbocycles. The molecule has 90 valence electrons. The molecule has 2 aromatic carbocycles. The Balaban J connectivity index is 2.22. The number of rotatable bonds is 5. The number of nitrogens with one attached hydrogen (secondary N) is 1. The van der Waals surface area contributed by atoms with Crippen molar-refractivity contribution in [2.45, 2.75) is 19.4 Å². The van der Waals surface area contributed by atoms with Crippen LogP contribution in [0.5, 0.6) is 0 Å². The van der Waals surface area contributed by atoms with Crippen LogP contribution in [0.3, 0.4) is 0 Å². The van der Waals surface area contributed by atoms with Crippen LogP contribution in [0.4, 0.5) is 0 Å². The number of hydrogen-bond acceptors (Lipinski definition) is 1. The number of benzene rings is 2. The van der Waals surface area contributed by atoms with Crippen LogP contribution >= 0.6 is 11.6 Å². The third-order valence-electron chi connectivity index (χ3n) is 3.05. The second-order valence-corrected chi connectivity index (χ2v) is 4.66. The van der Waals surface area contributed by atoms with Gasteiger partial charge in [-0.15, -0.1) is 11.6 Å². The number of halogens is 1. The minimum atomic E-state index is 0.365. The van der Waals surface area contributed by atoms with Crippen LogP contribution in [-0.2, 0) is 0 Å². The van der Waals surface area contributed by atoms with Gasteiger partial charge in [-0.3, -0.25) is 0 Å². The fourth-order valence-electron chi connectivity index (χ4n) is 2.12. The second kappa shape index (κ2) is 6.04. The quantitative estimate of drug-likeness (QED) is 0.619. The van der Waals surface area contributed by atoms with Gasteiger partial charge in [-0.2, -0.15) is 0 Å². The predicted molar refractivity (Wildman–Crippen MR) is 75.7 cm³/mol. The summed E-state index contributed by atoms with van der Waals surface area (Å²) >= 11 is 5.69. The first-order valence-corrected chi connectivity index (χ1v) is 6.63. The minimum absolute atomic E-state index is 0.365. The first kappa shape index (κ1) is 12.4. The van der Waals surface area contributed by atoms with E-state index in [1.54, 1.807) is 0 Å². The zero-order chi connectivity index (χ0) is 12.1. The average Bonchev–Trinajstić information content (AvgIpc) is 2.38. The maximum absolute atomic E-state index is 5.69. The Morgan fingerprint density at radius 2 is 1.88 bits per heavy atom. The van der Waals surface area contributed by atoms with Crippen LogP contribution < -0.4 is 5.32 Å². The predicted octanol–water partition coefficient (Wildman–Crippen LogP) is 4.12. The molecule has 0 bridgehead atoms. The van der Waals surface area contributed by atoms with Crippen molar-refractivity contribution in [2.24, 2.45) is 0 Å². The summed E-state index contributed by atoms with van der Waals surface area (Å²) in [6, 6.07) is 15.4. The Labute approximate surface area is 108 Å². The molecule has 0 saturated heterocycles. The van der Waals surface area contributed by atoms with Crippen LogP contribution in [0, 0.1) is 0 Å². The van der Waals surface area contributed by atoms with Crippen molar-refractivity contribution in [3.05, 3.63) is 48.0 Å². The molecule has 0 spiro atoms. The van der Waals surface area contributed by atoms with Crippen molar-refractivity contribution in [1.82, 2.24) is 5.32 Å². The summed E-state index contributed by atoms with van der Waals surface area (Å²) in [5.74, 6) is 0.718. The smallest absolute Gasteiger partial charge is 0.0297 e. The Hall–Kier alpha value is -1.05. The van der Waals surface area contributed by atoms with E-state index in [1.165, 1.54) is 16.3 Å². The first-order chi connectivity index (χ1) is 8.33. The molecule has 2 heteroatoms. The fraction of sp³-hybridized carbons (Fsp3) is 0.333. The lowest BCUT2D eigenvalue weighted by Gasteiger charge is -2.16. The summed E-state index contributed by atoms with van der Waals surface area (Å²) in [4.78, 5) is 0. The van der Waals surface area contributed by atoms with Gasteiger partial charge in [-0.25, -0.2) is 0 Å². The van der Waals surface area contributed by atoms with Gasteiger partial charge in [0.15, 0.2) is 0 Å². The molecule has 2 aromatic rings. The van der Waals surface area contributed by atoms with Gasteiger partial charge in [0.05, 0.1) is 0 Å². The molecule has 1 atom stereocenters. The van der Waals surface area contributed by atoms with Crippen molar-refractivity contribution in [3.8, 4) is 0 Å². The van der Waals surface area contributed by atoms with E-state index in [-0.39, 0.29) is 0 Å². The second-order valence-electron chi connectivity index (χ2n) is 4.29. The largest absolute Gasteiger partial charge is 0.310 e. The van der Waals surface area contributed by atoms with Crippen LogP contribution in [0.15, 0.2) is 42.5 Å². The van der Waals surface area contributed by atoms with Crippen LogP contribution in [0.1, 0.15) is 24.9 Å². The SMILES string of the molecule is C[C@@H](NCCCCl)c1cccc2ccccc12. The molecule has 17 heavy (non-hydrogen) atoms. The average molecular weight is 248 g/mol. The maximum Gasteiger partial charge on any atom is 0.0297 e. The van der Waals surface area contributed by atoms with Crippen LogP contribution in [0.25, 0.3) is 10.8 Å². The van der Waals surface area contributed by atoms with Gasteiger partial charge in [0.25, 0.3) is 0 Å². The van der Waals surface area contributed by atoms with Gasteiger partial charge in [0.2, 0.25) is 0 Å². The van der Waals surface area contributed by atoms with E-state index in [0.29, 0.717) is 6.04 Å². The summed E-state index contributed by atoms with van der Waals surface area (Å²) < 4.78 is 0. The first-order valence-electron chi connectivity index (χ1n) is 6.10. The summed E-state index contributed by atoms with van der Waals surface area (Å²) in [5, 5.41) is 6.14.